The lowest BCUT2D eigenvalue weighted by molar-refractivity contribution is -0.117. The van der Waals surface area contributed by atoms with E-state index in [0.29, 0.717) is 21.3 Å². The van der Waals surface area contributed by atoms with E-state index in [4.69, 9.17) is 0 Å². The Bertz CT molecular complexity index is 961. The molecule has 1 aliphatic heterocycles. The largest absolute Gasteiger partial charge is 0.294 e. The van der Waals surface area contributed by atoms with E-state index in [-0.39, 0.29) is 23.4 Å². The van der Waals surface area contributed by atoms with Crippen LogP contribution in [-0.2, 0) is 9.59 Å². The summed E-state index contributed by atoms with van der Waals surface area (Å²) in [6, 6.07) is 5.82. The molecule has 0 saturated heterocycles. The maximum atomic E-state index is 13.5. The quantitative estimate of drug-likeness (QED) is 0.779. The Labute approximate surface area is 166 Å². The Morgan fingerprint density at radius 2 is 1.75 bits per heavy atom. The van der Waals surface area contributed by atoms with Gasteiger partial charge < -0.3 is 0 Å². The molecule has 6 nitrogen and oxygen atoms in total. The Balaban J connectivity index is 1.89. The van der Waals surface area contributed by atoms with Crippen LogP contribution in [0.3, 0.4) is 0 Å². The normalized spacial score (nSPS) is 17.6. The van der Waals surface area contributed by atoms with Crippen LogP contribution in [0.2, 0.25) is 0 Å². The van der Waals surface area contributed by atoms with Crippen molar-refractivity contribution in [2.45, 2.75) is 57.0 Å². The molecular weight excluding hydrogens is 379 g/mol. The summed E-state index contributed by atoms with van der Waals surface area (Å²) in [7, 11) is 0. The zero-order chi connectivity index (χ0) is 19.8. The molecule has 8 heteroatoms. The lowest BCUT2D eigenvalue weighted by Gasteiger charge is -2.34. The van der Waals surface area contributed by atoms with Crippen molar-refractivity contribution in [1.29, 1.82) is 0 Å². The third-order valence-corrected chi connectivity index (χ3v) is 6.28. The average molecular weight is 400 g/mol. The number of ketones is 1. The maximum absolute atomic E-state index is 13.5. The van der Waals surface area contributed by atoms with E-state index >= 15 is 0 Å². The predicted octanol–water partition coefficient (Wildman–Crippen LogP) is 4.01. The van der Waals surface area contributed by atoms with E-state index in [2.05, 4.69) is 10.2 Å². The van der Waals surface area contributed by atoms with Gasteiger partial charge in [0.05, 0.1) is 10.6 Å². The molecule has 146 valence electrons. The van der Waals surface area contributed by atoms with Crippen LogP contribution in [-0.4, -0.2) is 26.6 Å². The highest BCUT2D eigenvalue weighted by atomic mass is 32.2. The summed E-state index contributed by atoms with van der Waals surface area (Å²) in [6.07, 6.45) is 5.46. The number of carbonyl (C=O) groups excluding carboxylic acids is 2. The van der Waals surface area contributed by atoms with Gasteiger partial charge in [0, 0.05) is 18.4 Å². The first kappa shape index (κ1) is 18.9. The Kier molecular flexibility index (Phi) is 5.05. The van der Waals surface area contributed by atoms with Crippen molar-refractivity contribution in [1.82, 2.24) is 14.9 Å². The number of fused-ring (bicyclic) bond motifs is 1. The number of rotatable bonds is 3. The number of thioether (sulfide) groups is 1. The zero-order valence-corrected chi connectivity index (χ0v) is 16.6. The van der Waals surface area contributed by atoms with Crippen molar-refractivity contribution in [2.75, 3.05) is 5.01 Å². The summed E-state index contributed by atoms with van der Waals surface area (Å²) in [4.78, 5) is 25.5. The molecule has 2 aromatic rings. The number of amides is 1. The van der Waals surface area contributed by atoms with Gasteiger partial charge in [0.2, 0.25) is 11.1 Å². The molecule has 0 N–H and O–H groups in total. The molecular formula is C20H21FN4O2S. The molecule has 2 heterocycles. The van der Waals surface area contributed by atoms with Gasteiger partial charge in [0.25, 0.3) is 0 Å². The van der Waals surface area contributed by atoms with Crippen molar-refractivity contribution in [3.63, 3.8) is 0 Å². The predicted molar refractivity (Wildman–Crippen MR) is 105 cm³/mol. The number of nitrogens with zero attached hydrogens (tertiary/aromatic N) is 4. The molecule has 1 aromatic carbocycles. The van der Waals surface area contributed by atoms with Crippen molar-refractivity contribution in [3.05, 3.63) is 46.4 Å². The second-order valence-corrected chi connectivity index (χ2v) is 8.14. The van der Waals surface area contributed by atoms with Gasteiger partial charge in [-0.15, -0.1) is 10.2 Å². The van der Waals surface area contributed by atoms with Crippen LogP contribution in [0.1, 0.15) is 63.3 Å². The van der Waals surface area contributed by atoms with Gasteiger partial charge in [-0.25, -0.2) is 14.1 Å². The molecule has 4 rings (SSSR count). The molecule has 28 heavy (non-hydrogen) atoms. The number of allylic oxidation sites excluding steroid dienone is 1. The number of hydrogen-bond donors (Lipinski definition) is 0. The number of Topliss-reactive ketones (excluding diaryl/α,β-unsaturated/α-hetero) is 1. The van der Waals surface area contributed by atoms with Crippen LogP contribution in [0, 0.1) is 5.82 Å². The van der Waals surface area contributed by atoms with Gasteiger partial charge in [-0.3, -0.25) is 9.59 Å². The molecule has 0 unspecified atom stereocenters. The molecule has 0 radical (unpaired) electrons. The van der Waals surface area contributed by atoms with Gasteiger partial charge >= 0.3 is 0 Å². The van der Waals surface area contributed by atoms with E-state index in [1.807, 2.05) is 0 Å². The molecule has 1 aromatic heterocycles. The molecule has 1 fully saturated rings. The SMILES string of the molecule is CC(=O)C1=C(c2ccc(F)cc2)N(C(C)=O)n2c(nnc2C2CCCCC2)S1. The average Bonchev–Trinajstić information content (AvgIpc) is 3.11. The topological polar surface area (TPSA) is 68.1 Å². The van der Waals surface area contributed by atoms with Crippen LogP contribution in [0.15, 0.2) is 34.3 Å². The number of aromatic nitrogens is 3. The first-order chi connectivity index (χ1) is 13.5. The smallest absolute Gasteiger partial charge is 0.243 e. The summed E-state index contributed by atoms with van der Waals surface area (Å²) < 4.78 is 15.2. The van der Waals surface area contributed by atoms with Gasteiger partial charge in [-0.1, -0.05) is 19.3 Å². The first-order valence-corrected chi connectivity index (χ1v) is 10.2. The third-order valence-electron chi connectivity index (χ3n) is 5.16. The van der Waals surface area contributed by atoms with Gasteiger partial charge in [0.15, 0.2) is 11.6 Å². The van der Waals surface area contributed by atoms with Crippen molar-refractivity contribution in [2.24, 2.45) is 0 Å². The van der Waals surface area contributed by atoms with Crippen molar-refractivity contribution in [3.8, 4) is 0 Å². The molecule has 1 amide bonds. The van der Waals surface area contributed by atoms with Crippen LogP contribution in [0.5, 0.6) is 0 Å². The number of carbonyl (C=O) groups is 2. The minimum atomic E-state index is -0.376. The van der Waals surface area contributed by atoms with Crippen molar-refractivity contribution < 1.29 is 14.0 Å². The highest BCUT2D eigenvalue weighted by Crippen LogP contribution is 2.42. The van der Waals surface area contributed by atoms with E-state index < -0.39 is 0 Å². The van der Waals surface area contributed by atoms with Gasteiger partial charge in [-0.2, -0.15) is 0 Å². The fourth-order valence-corrected chi connectivity index (χ4v) is 4.85. The standard InChI is InChI=1S/C20H21FN4O2S/c1-12(26)18-17(14-8-10-16(21)11-9-14)24(13(2)27)25-19(22-23-20(25)28-18)15-6-4-3-5-7-15/h8-11,15H,3-7H2,1-2H3. The lowest BCUT2D eigenvalue weighted by Crippen LogP contribution is -2.42. The number of benzene rings is 1. The summed E-state index contributed by atoms with van der Waals surface area (Å²) in [6.45, 7) is 2.91. The van der Waals surface area contributed by atoms with Crippen LogP contribution < -0.4 is 5.01 Å². The van der Waals surface area contributed by atoms with Gasteiger partial charge in [-0.05, 0) is 55.8 Å². The van der Waals surface area contributed by atoms with E-state index in [1.165, 1.54) is 49.2 Å². The minimum Gasteiger partial charge on any atom is -0.294 e. The van der Waals surface area contributed by atoms with E-state index in [9.17, 15) is 14.0 Å². The molecule has 0 bridgehead atoms. The number of hydrogen-bond acceptors (Lipinski definition) is 5. The second-order valence-electron chi connectivity index (χ2n) is 7.16. The second kappa shape index (κ2) is 7.50. The summed E-state index contributed by atoms with van der Waals surface area (Å²) in [5.74, 6) is 0.172. The van der Waals surface area contributed by atoms with E-state index in [0.717, 1.165) is 31.5 Å². The highest BCUT2D eigenvalue weighted by molar-refractivity contribution is 8.04. The fraction of sp³-hybridized carbons (Fsp3) is 0.400. The van der Waals surface area contributed by atoms with Crippen LogP contribution in [0.25, 0.3) is 5.70 Å². The monoisotopic (exact) mass is 400 g/mol. The summed E-state index contributed by atoms with van der Waals surface area (Å²) in [5.41, 5.74) is 1.05. The van der Waals surface area contributed by atoms with Crippen molar-refractivity contribution >= 4 is 29.1 Å². The highest BCUT2D eigenvalue weighted by Gasteiger charge is 2.36. The molecule has 0 atom stereocenters. The summed E-state index contributed by atoms with van der Waals surface area (Å²) >= 11 is 1.21. The third kappa shape index (κ3) is 3.26. The molecule has 2 aliphatic rings. The van der Waals surface area contributed by atoms with Gasteiger partial charge in [0.1, 0.15) is 5.82 Å². The van der Waals surface area contributed by atoms with E-state index in [1.54, 1.807) is 16.8 Å². The summed E-state index contributed by atoms with van der Waals surface area (Å²) in [5, 5.41) is 10.6. The maximum Gasteiger partial charge on any atom is 0.243 e. The Hall–Kier alpha value is -2.48. The Morgan fingerprint density at radius 3 is 2.36 bits per heavy atom. The fourth-order valence-electron chi connectivity index (χ4n) is 3.88. The molecule has 1 aliphatic carbocycles. The molecule has 0 spiro atoms. The minimum absolute atomic E-state index is 0.177. The Morgan fingerprint density at radius 1 is 1.07 bits per heavy atom. The van der Waals surface area contributed by atoms with Crippen LogP contribution in [0.4, 0.5) is 4.39 Å². The molecule has 1 saturated carbocycles. The number of halogens is 1. The van der Waals surface area contributed by atoms with Crippen LogP contribution >= 0.6 is 11.8 Å². The zero-order valence-electron chi connectivity index (χ0n) is 15.8. The first-order valence-electron chi connectivity index (χ1n) is 9.42. The lowest BCUT2D eigenvalue weighted by atomic mass is 9.89.